The highest BCUT2D eigenvalue weighted by Gasteiger charge is 2.19. The van der Waals surface area contributed by atoms with Crippen molar-refractivity contribution in [2.24, 2.45) is 0 Å². The minimum absolute atomic E-state index is 0.0170. The Morgan fingerprint density at radius 2 is 1.73 bits per heavy atom. The summed E-state index contributed by atoms with van der Waals surface area (Å²) in [5.41, 5.74) is 7.77. The van der Waals surface area contributed by atoms with E-state index in [9.17, 15) is 9.59 Å². The molecule has 2 aromatic carbocycles. The molecule has 4 rings (SSSR count). The summed E-state index contributed by atoms with van der Waals surface area (Å²) in [5, 5.41) is 9.77. The minimum atomic E-state index is -0.397. The standard InChI is InChI=1S/C23H19ClN6O2S/c1-15-18(24)8-5-9-19(15)30-21(16-10-12-25-13-11-16)27-29-23(30)33-14-20(31)26-28-22(32)17-6-3-2-4-7-17/h2-13H,14H2,1H3,(H,26,31)(H,28,32). The van der Waals surface area contributed by atoms with Gasteiger partial charge in [0.2, 0.25) is 5.91 Å². The molecule has 10 heteroatoms. The average molecular weight is 479 g/mol. The van der Waals surface area contributed by atoms with Gasteiger partial charge in [0.25, 0.3) is 5.91 Å². The van der Waals surface area contributed by atoms with Crippen LogP contribution in [0, 0.1) is 6.92 Å². The van der Waals surface area contributed by atoms with Crippen LogP contribution < -0.4 is 10.9 Å². The molecular formula is C23H19ClN6O2S. The number of carbonyl (C=O) groups is 2. The van der Waals surface area contributed by atoms with Gasteiger partial charge in [0.1, 0.15) is 0 Å². The van der Waals surface area contributed by atoms with E-state index in [1.54, 1.807) is 36.7 Å². The molecule has 0 fully saturated rings. The van der Waals surface area contributed by atoms with Gasteiger partial charge < -0.3 is 0 Å². The van der Waals surface area contributed by atoms with Gasteiger partial charge in [-0.1, -0.05) is 47.6 Å². The van der Waals surface area contributed by atoms with Gasteiger partial charge in [0, 0.05) is 28.5 Å². The fourth-order valence-corrected chi connectivity index (χ4v) is 3.98. The van der Waals surface area contributed by atoms with Crippen molar-refractivity contribution in [3.63, 3.8) is 0 Å². The Hall–Kier alpha value is -3.69. The number of benzene rings is 2. The number of hydrogen-bond acceptors (Lipinski definition) is 6. The van der Waals surface area contributed by atoms with Crippen LogP contribution in [0.15, 0.2) is 78.2 Å². The molecule has 4 aromatic rings. The van der Waals surface area contributed by atoms with E-state index in [1.807, 2.05) is 47.9 Å². The van der Waals surface area contributed by atoms with E-state index in [4.69, 9.17) is 11.6 Å². The normalized spacial score (nSPS) is 10.6. The highest BCUT2D eigenvalue weighted by molar-refractivity contribution is 7.99. The van der Waals surface area contributed by atoms with Gasteiger partial charge in [-0.05, 0) is 48.9 Å². The molecule has 8 nitrogen and oxygen atoms in total. The molecule has 0 unspecified atom stereocenters. The molecule has 166 valence electrons. The fourth-order valence-electron chi connectivity index (χ4n) is 3.06. The molecule has 0 aliphatic carbocycles. The molecule has 33 heavy (non-hydrogen) atoms. The molecule has 2 heterocycles. The number of hydrazine groups is 1. The summed E-state index contributed by atoms with van der Waals surface area (Å²) in [6, 6.07) is 17.9. The highest BCUT2D eigenvalue weighted by Crippen LogP contribution is 2.31. The van der Waals surface area contributed by atoms with Crippen LogP contribution >= 0.6 is 23.4 Å². The highest BCUT2D eigenvalue weighted by atomic mass is 35.5. The summed E-state index contributed by atoms with van der Waals surface area (Å²) in [6.07, 6.45) is 3.35. The number of pyridine rings is 1. The summed E-state index contributed by atoms with van der Waals surface area (Å²) < 4.78 is 1.86. The largest absolute Gasteiger partial charge is 0.272 e. The molecule has 0 bridgehead atoms. The zero-order valence-electron chi connectivity index (χ0n) is 17.5. The lowest BCUT2D eigenvalue weighted by Gasteiger charge is -2.14. The van der Waals surface area contributed by atoms with Crippen LogP contribution in [0.25, 0.3) is 17.1 Å². The Morgan fingerprint density at radius 1 is 0.970 bits per heavy atom. The van der Waals surface area contributed by atoms with Crippen molar-refractivity contribution in [1.82, 2.24) is 30.6 Å². The average Bonchev–Trinajstić information content (AvgIpc) is 3.27. The Morgan fingerprint density at radius 3 is 2.48 bits per heavy atom. The third-order valence-corrected chi connectivity index (χ3v) is 6.07. The van der Waals surface area contributed by atoms with Gasteiger partial charge in [-0.25, -0.2) is 0 Å². The first-order valence-electron chi connectivity index (χ1n) is 9.93. The summed E-state index contributed by atoms with van der Waals surface area (Å²) >= 11 is 7.55. The first-order chi connectivity index (χ1) is 16.0. The predicted octanol–water partition coefficient (Wildman–Crippen LogP) is 3.84. The van der Waals surface area contributed by atoms with Gasteiger partial charge in [0.15, 0.2) is 11.0 Å². The van der Waals surface area contributed by atoms with Crippen LogP contribution in [0.2, 0.25) is 5.02 Å². The van der Waals surface area contributed by atoms with Gasteiger partial charge in [-0.15, -0.1) is 10.2 Å². The Balaban J connectivity index is 1.53. The lowest BCUT2D eigenvalue weighted by atomic mass is 10.2. The van der Waals surface area contributed by atoms with Crippen molar-refractivity contribution >= 4 is 35.2 Å². The van der Waals surface area contributed by atoms with Crippen LogP contribution in [-0.2, 0) is 4.79 Å². The van der Waals surface area contributed by atoms with E-state index in [-0.39, 0.29) is 11.7 Å². The number of halogens is 1. The van der Waals surface area contributed by atoms with Crippen LogP contribution in [0.4, 0.5) is 0 Å². The Labute approximate surface area is 199 Å². The van der Waals surface area contributed by atoms with Crippen LogP contribution in [0.5, 0.6) is 0 Å². The second-order valence-corrected chi connectivity index (χ2v) is 8.27. The number of nitrogens with one attached hydrogen (secondary N) is 2. The minimum Gasteiger partial charge on any atom is -0.272 e. The topological polar surface area (TPSA) is 102 Å². The van der Waals surface area contributed by atoms with Gasteiger partial charge in [-0.3, -0.25) is 30.0 Å². The monoisotopic (exact) mass is 478 g/mol. The number of aromatic nitrogens is 4. The summed E-state index contributed by atoms with van der Waals surface area (Å²) in [6.45, 7) is 1.91. The molecule has 0 saturated heterocycles. The first-order valence-corrected chi connectivity index (χ1v) is 11.3. The zero-order valence-corrected chi connectivity index (χ0v) is 19.1. The van der Waals surface area contributed by atoms with Crippen LogP contribution in [0.1, 0.15) is 15.9 Å². The number of rotatable bonds is 6. The van der Waals surface area contributed by atoms with Crippen LogP contribution in [0.3, 0.4) is 0 Å². The molecule has 0 radical (unpaired) electrons. The van der Waals surface area contributed by atoms with E-state index in [2.05, 4.69) is 26.0 Å². The Kier molecular flexibility index (Phi) is 7.01. The smallest absolute Gasteiger partial charge is 0.269 e. The number of nitrogens with zero attached hydrogens (tertiary/aromatic N) is 4. The maximum atomic E-state index is 12.4. The predicted molar refractivity (Wildman–Crippen MR) is 127 cm³/mol. The van der Waals surface area contributed by atoms with E-state index in [1.165, 1.54) is 11.8 Å². The van der Waals surface area contributed by atoms with Gasteiger partial charge in [-0.2, -0.15) is 0 Å². The number of hydrogen-bond donors (Lipinski definition) is 2. The van der Waals surface area contributed by atoms with Crippen molar-refractivity contribution in [1.29, 1.82) is 0 Å². The maximum Gasteiger partial charge on any atom is 0.269 e. The second-order valence-electron chi connectivity index (χ2n) is 6.92. The third-order valence-electron chi connectivity index (χ3n) is 4.74. The van der Waals surface area contributed by atoms with E-state index < -0.39 is 5.91 Å². The van der Waals surface area contributed by atoms with Crippen molar-refractivity contribution in [3.8, 4) is 17.1 Å². The van der Waals surface area contributed by atoms with Crippen molar-refractivity contribution < 1.29 is 9.59 Å². The van der Waals surface area contributed by atoms with E-state index >= 15 is 0 Å². The first kappa shape index (κ1) is 22.5. The summed E-state index contributed by atoms with van der Waals surface area (Å²) in [5.74, 6) is -0.162. The van der Waals surface area contributed by atoms with E-state index in [0.29, 0.717) is 21.6 Å². The van der Waals surface area contributed by atoms with E-state index in [0.717, 1.165) is 16.8 Å². The number of amides is 2. The summed E-state index contributed by atoms with van der Waals surface area (Å²) in [4.78, 5) is 28.5. The number of thioether (sulfide) groups is 1. The zero-order chi connectivity index (χ0) is 23.2. The summed E-state index contributed by atoms with van der Waals surface area (Å²) in [7, 11) is 0. The second kappa shape index (κ2) is 10.3. The molecule has 2 N–H and O–H groups in total. The fraction of sp³-hybridized carbons (Fsp3) is 0.0870. The molecule has 0 spiro atoms. The molecule has 2 aromatic heterocycles. The Bertz CT molecular complexity index is 1280. The molecule has 0 saturated carbocycles. The quantitative estimate of drug-likeness (QED) is 0.322. The molecule has 0 aliphatic heterocycles. The van der Waals surface area contributed by atoms with Crippen molar-refractivity contribution in [3.05, 3.63) is 89.2 Å². The maximum absolute atomic E-state index is 12.4. The van der Waals surface area contributed by atoms with Gasteiger partial charge in [0.05, 0.1) is 11.4 Å². The van der Waals surface area contributed by atoms with Crippen molar-refractivity contribution in [2.75, 3.05) is 5.75 Å². The van der Waals surface area contributed by atoms with Crippen LogP contribution in [-0.4, -0.2) is 37.3 Å². The molecular weight excluding hydrogens is 460 g/mol. The SMILES string of the molecule is Cc1c(Cl)cccc1-n1c(SCC(=O)NNC(=O)c2ccccc2)nnc1-c1ccncc1. The van der Waals surface area contributed by atoms with Crippen molar-refractivity contribution in [2.45, 2.75) is 12.1 Å². The third kappa shape index (κ3) is 5.21. The molecule has 0 atom stereocenters. The lowest BCUT2D eigenvalue weighted by Crippen LogP contribution is -2.42. The molecule has 0 aliphatic rings. The number of carbonyl (C=O) groups excluding carboxylic acids is 2. The van der Waals surface area contributed by atoms with Gasteiger partial charge >= 0.3 is 0 Å². The lowest BCUT2D eigenvalue weighted by molar-refractivity contribution is -0.119. The molecule has 2 amide bonds.